The topological polar surface area (TPSA) is 92.3 Å². The molecule has 2 heterocycles. The van der Waals surface area contributed by atoms with Crippen LogP contribution < -0.4 is 10.6 Å². The zero-order valence-corrected chi connectivity index (χ0v) is 14.8. The lowest BCUT2D eigenvalue weighted by Gasteiger charge is -2.06. The van der Waals surface area contributed by atoms with Crippen molar-refractivity contribution in [1.82, 2.24) is 10.6 Å². The van der Waals surface area contributed by atoms with Crippen LogP contribution in [0.2, 0.25) is 0 Å². The van der Waals surface area contributed by atoms with Crippen molar-refractivity contribution in [1.29, 1.82) is 0 Å². The Bertz CT molecular complexity index is 803. The molecule has 4 amide bonds. The second kappa shape index (κ2) is 7.07. The lowest BCUT2D eigenvalue weighted by molar-refractivity contribution is -0.125. The number of aryl methyl sites for hydroxylation is 2. The minimum Gasteiger partial charge on any atom is -0.289 e. The Morgan fingerprint density at radius 2 is 0.923 bits per heavy atom. The van der Waals surface area contributed by atoms with Crippen LogP contribution in [0.1, 0.15) is 37.8 Å². The van der Waals surface area contributed by atoms with Crippen molar-refractivity contribution in [2.45, 2.75) is 39.5 Å². The molecule has 0 fully saturated rings. The van der Waals surface area contributed by atoms with E-state index in [9.17, 15) is 19.2 Å². The average Bonchev–Trinajstić information content (AvgIpc) is 3.00. The standard InChI is InChI=1S/C20H20N2O4/c1-11-15(19(25)21-17(11)23)9-7-13-3-5-14(6-4-13)8-10-16-12(2)18(24)22-20(16)26/h3-6H,7-10H2,1-2H3,(H,21,23,25)(H,22,24,26). The van der Waals surface area contributed by atoms with Gasteiger partial charge >= 0.3 is 0 Å². The molecular formula is C20H20N2O4. The first kappa shape index (κ1) is 17.8. The van der Waals surface area contributed by atoms with Crippen molar-refractivity contribution in [2.75, 3.05) is 0 Å². The van der Waals surface area contributed by atoms with Gasteiger partial charge in [-0.2, -0.15) is 0 Å². The molecule has 0 aromatic heterocycles. The first-order valence-corrected chi connectivity index (χ1v) is 8.55. The minimum absolute atomic E-state index is 0.294. The molecule has 0 bridgehead atoms. The van der Waals surface area contributed by atoms with Gasteiger partial charge in [0.05, 0.1) is 0 Å². The molecule has 2 aliphatic rings. The summed E-state index contributed by atoms with van der Waals surface area (Å²) in [4.78, 5) is 46.3. The van der Waals surface area contributed by atoms with Gasteiger partial charge in [0, 0.05) is 22.3 Å². The molecule has 0 unspecified atom stereocenters. The lowest BCUT2D eigenvalue weighted by atomic mass is 9.98. The highest BCUT2D eigenvalue weighted by molar-refractivity contribution is 6.19. The summed E-state index contributed by atoms with van der Waals surface area (Å²) in [5.41, 5.74) is 4.26. The Balaban J connectivity index is 1.58. The molecule has 26 heavy (non-hydrogen) atoms. The SMILES string of the molecule is CC1=C(CCc2ccc(CCC3=C(C)C(=O)NC3=O)cc2)C(=O)NC1=O. The van der Waals surface area contributed by atoms with Gasteiger partial charge in [0.15, 0.2) is 0 Å². The van der Waals surface area contributed by atoms with Gasteiger partial charge in [-0.3, -0.25) is 29.8 Å². The smallest absolute Gasteiger partial charge is 0.254 e. The Labute approximate surface area is 151 Å². The zero-order valence-electron chi connectivity index (χ0n) is 14.8. The molecule has 0 spiro atoms. The van der Waals surface area contributed by atoms with E-state index in [1.807, 2.05) is 24.3 Å². The van der Waals surface area contributed by atoms with E-state index in [4.69, 9.17) is 0 Å². The Hall–Kier alpha value is -3.02. The molecule has 3 rings (SSSR count). The van der Waals surface area contributed by atoms with Crippen LogP contribution in [0.3, 0.4) is 0 Å². The van der Waals surface area contributed by atoms with E-state index >= 15 is 0 Å². The predicted octanol–water partition coefficient (Wildman–Crippen LogP) is 1.50. The predicted molar refractivity (Wildman–Crippen MR) is 94.8 cm³/mol. The molecule has 1 aromatic carbocycles. The van der Waals surface area contributed by atoms with Crippen LogP contribution in [0.15, 0.2) is 46.6 Å². The summed E-state index contributed by atoms with van der Waals surface area (Å²) in [7, 11) is 0. The number of carbonyl (C=O) groups is 4. The number of benzene rings is 1. The number of nitrogens with one attached hydrogen (secondary N) is 2. The Morgan fingerprint density at radius 1 is 0.577 bits per heavy atom. The summed E-state index contributed by atoms with van der Waals surface area (Å²) in [6.07, 6.45) is 2.40. The van der Waals surface area contributed by atoms with Crippen molar-refractivity contribution < 1.29 is 19.2 Å². The summed E-state index contributed by atoms with van der Waals surface area (Å²) in [6.45, 7) is 3.33. The fourth-order valence-corrected chi connectivity index (χ4v) is 3.17. The summed E-state index contributed by atoms with van der Waals surface area (Å²) in [5.74, 6) is -1.20. The zero-order chi connectivity index (χ0) is 18.8. The largest absolute Gasteiger partial charge is 0.289 e. The second-order valence-corrected chi connectivity index (χ2v) is 6.59. The average molecular weight is 352 g/mol. The third-order valence-electron chi connectivity index (χ3n) is 4.94. The number of imide groups is 2. The highest BCUT2D eigenvalue weighted by atomic mass is 16.2. The summed E-state index contributed by atoms with van der Waals surface area (Å²) >= 11 is 0. The second-order valence-electron chi connectivity index (χ2n) is 6.59. The fraction of sp³-hybridized carbons (Fsp3) is 0.300. The fourth-order valence-electron chi connectivity index (χ4n) is 3.17. The van der Waals surface area contributed by atoms with Gasteiger partial charge in [0.1, 0.15) is 0 Å². The van der Waals surface area contributed by atoms with E-state index in [0.717, 1.165) is 11.1 Å². The maximum atomic E-state index is 11.7. The maximum Gasteiger partial charge on any atom is 0.254 e. The highest BCUT2D eigenvalue weighted by Gasteiger charge is 2.27. The number of amides is 4. The van der Waals surface area contributed by atoms with Crippen LogP contribution >= 0.6 is 0 Å². The molecule has 0 saturated heterocycles. The lowest BCUT2D eigenvalue weighted by Crippen LogP contribution is -2.23. The van der Waals surface area contributed by atoms with E-state index in [1.165, 1.54) is 0 Å². The van der Waals surface area contributed by atoms with Gasteiger partial charge in [0.25, 0.3) is 23.6 Å². The van der Waals surface area contributed by atoms with E-state index < -0.39 is 0 Å². The van der Waals surface area contributed by atoms with Gasteiger partial charge in [-0.1, -0.05) is 24.3 Å². The van der Waals surface area contributed by atoms with Crippen molar-refractivity contribution in [3.63, 3.8) is 0 Å². The first-order chi connectivity index (χ1) is 12.4. The first-order valence-electron chi connectivity index (χ1n) is 8.55. The van der Waals surface area contributed by atoms with Crippen LogP contribution in [-0.4, -0.2) is 23.6 Å². The molecular weight excluding hydrogens is 332 g/mol. The molecule has 0 saturated carbocycles. The third kappa shape index (κ3) is 3.49. The highest BCUT2D eigenvalue weighted by Crippen LogP contribution is 2.20. The van der Waals surface area contributed by atoms with Crippen molar-refractivity contribution in [3.8, 4) is 0 Å². The normalized spacial score (nSPS) is 17.3. The van der Waals surface area contributed by atoms with E-state index in [-0.39, 0.29) is 23.6 Å². The summed E-state index contributed by atoms with van der Waals surface area (Å²) in [5, 5.41) is 4.61. The summed E-state index contributed by atoms with van der Waals surface area (Å²) in [6, 6.07) is 7.95. The van der Waals surface area contributed by atoms with Crippen LogP contribution in [-0.2, 0) is 32.0 Å². The van der Waals surface area contributed by atoms with Crippen molar-refractivity contribution >= 4 is 23.6 Å². The molecule has 2 aliphatic heterocycles. The number of hydrogen-bond donors (Lipinski definition) is 2. The van der Waals surface area contributed by atoms with Gasteiger partial charge in [0.2, 0.25) is 0 Å². The van der Waals surface area contributed by atoms with Crippen molar-refractivity contribution in [2.24, 2.45) is 0 Å². The third-order valence-corrected chi connectivity index (χ3v) is 4.94. The van der Waals surface area contributed by atoms with E-state index in [1.54, 1.807) is 13.8 Å². The number of hydrogen-bond acceptors (Lipinski definition) is 4. The number of rotatable bonds is 6. The number of carbonyl (C=O) groups excluding carboxylic acids is 4. The minimum atomic E-state index is -0.306. The monoisotopic (exact) mass is 352 g/mol. The maximum absolute atomic E-state index is 11.7. The van der Waals surface area contributed by atoms with Gasteiger partial charge in [-0.15, -0.1) is 0 Å². The van der Waals surface area contributed by atoms with E-state index in [2.05, 4.69) is 10.6 Å². The van der Waals surface area contributed by atoms with Gasteiger partial charge in [-0.25, -0.2) is 0 Å². The molecule has 0 radical (unpaired) electrons. The summed E-state index contributed by atoms with van der Waals surface area (Å²) < 4.78 is 0. The van der Waals surface area contributed by atoms with Crippen LogP contribution in [0.25, 0.3) is 0 Å². The van der Waals surface area contributed by atoms with Crippen LogP contribution in [0.4, 0.5) is 0 Å². The van der Waals surface area contributed by atoms with E-state index in [0.29, 0.717) is 48.0 Å². The molecule has 1 aromatic rings. The molecule has 0 aliphatic carbocycles. The molecule has 6 nitrogen and oxygen atoms in total. The molecule has 6 heteroatoms. The molecule has 0 atom stereocenters. The van der Waals surface area contributed by atoms with Crippen LogP contribution in [0, 0.1) is 0 Å². The molecule has 134 valence electrons. The van der Waals surface area contributed by atoms with Gasteiger partial charge < -0.3 is 0 Å². The van der Waals surface area contributed by atoms with Gasteiger partial charge in [-0.05, 0) is 50.7 Å². The van der Waals surface area contributed by atoms with Crippen molar-refractivity contribution in [3.05, 3.63) is 57.7 Å². The quantitative estimate of drug-likeness (QED) is 0.759. The Kier molecular flexibility index (Phi) is 4.84. The van der Waals surface area contributed by atoms with Crippen LogP contribution in [0.5, 0.6) is 0 Å². The molecule has 2 N–H and O–H groups in total. The Morgan fingerprint density at radius 3 is 1.19 bits per heavy atom.